The van der Waals surface area contributed by atoms with Crippen LogP contribution >= 0.6 is 0 Å². The molecule has 0 saturated carbocycles. The smallest absolute Gasteiger partial charge is 0.129 e. The normalized spacial score (nSPS) is 11.8. The first kappa shape index (κ1) is 11.4. The first-order valence-corrected chi connectivity index (χ1v) is 7.73. The van der Waals surface area contributed by atoms with E-state index in [9.17, 15) is 4.79 Å². The average molecular weight is 182 g/mol. The van der Waals surface area contributed by atoms with Crippen LogP contribution in [-0.4, -0.2) is 14.4 Å². The highest BCUT2D eigenvalue weighted by atomic mass is 28.3. The zero-order valence-electron chi connectivity index (χ0n) is 8.69. The summed E-state index contributed by atoms with van der Waals surface area (Å²) < 4.78 is 0. The van der Waals surface area contributed by atoms with E-state index in [4.69, 9.17) is 0 Å². The van der Waals surface area contributed by atoms with Crippen molar-refractivity contribution in [2.45, 2.75) is 39.9 Å². The van der Waals surface area contributed by atoms with Crippen molar-refractivity contribution in [3.8, 4) is 11.5 Å². The lowest BCUT2D eigenvalue weighted by Gasteiger charge is -2.12. The largest absolute Gasteiger partial charge is 0.303 e. The molecule has 0 aromatic carbocycles. The Morgan fingerprint density at radius 1 is 1.33 bits per heavy atom. The van der Waals surface area contributed by atoms with Crippen molar-refractivity contribution in [1.82, 2.24) is 0 Å². The molecule has 0 heterocycles. The quantitative estimate of drug-likeness (QED) is 0.364. The fraction of sp³-hybridized carbons (Fsp3) is 0.700. The van der Waals surface area contributed by atoms with Crippen molar-refractivity contribution in [3.63, 3.8) is 0 Å². The highest BCUT2D eigenvalue weighted by molar-refractivity contribution is 6.83. The molecule has 2 heteroatoms. The molecule has 0 aliphatic heterocycles. The first-order valence-electron chi connectivity index (χ1n) is 4.23. The van der Waals surface area contributed by atoms with Gasteiger partial charge in [0.15, 0.2) is 0 Å². The number of aldehydes is 1. The molecule has 0 aromatic heterocycles. The SMILES string of the molecule is CC(C)(C=O)CC#C[Si](C)(C)C. The molecule has 0 rings (SSSR count). The van der Waals surface area contributed by atoms with Crippen LogP contribution in [-0.2, 0) is 4.79 Å². The lowest BCUT2D eigenvalue weighted by molar-refractivity contribution is -0.114. The zero-order chi connectivity index (χ0) is 9.83. The molecule has 0 amide bonds. The summed E-state index contributed by atoms with van der Waals surface area (Å²) in [5.41, 5.74) is 2.97. The van der Waals surface area contributed by atoms with E-state index in [2.05, 4.69) is 31.1 Å². The van der Waals surface area contributed by atoms with E-state index >= 15 is 0 Å². The summed E-state index contributed by atoms with van der Waals surface area (Å²) in [6.07, 6.45) is 1.66. The van der Waals surface area contributed by atoms with Crippen molar-refractivity contribution in [2.75, 3.05) is 0 Å². The average Bonchev–Trinajstić information content (AvgIpc) is 1.84. The standard InChI is InChI=1S/C10H18OSi/c1-10(2,9-11)7-6-8-12(3,4)5/h9H,7H2,1-5H3. The topological polar surface area (TPSA) is 17.1 Å². The number of carbonyl (C=O) groups excluding carboxylic acids is 1. The van der Waals surface area contributed by atoms with Crippen LogP contribution in [0.3, 0.4) is 0 Å². The van der Waals surface area contributed by atoms with Gasteiger partial charge in [-0.3, -0.25) is 0 Å². The molecule has 0 saturated heterocycles. The summed E-state index contributed by atoms with van der Waals surface area (Å²) in [5.74, 6) is 3.10. The van der Waals surface area contributed by atoms with Gasteiger partial charge in [-0.1, -0.05) is 33.5 Å². The Bertz CT molecular complexity index is 212. The number of carbonyl (C=O) groups is 1. The molecular formula is C10H18OSi. The van der Waals surface area contributed by atoms with E-state index in [1.165, 1.54) is 0 Å². The molecule has 0 unspecified atom stereocenters. The van der Waals surface area contributed by atoms with Crippen LogP contribution in [0, 0.1) is 16.9 Å². The second-order valence-corrected chi connectivity index (χ2v) is 9.58. The number of rotatable bonds is 2. The van der Waals surface area contributed by atoms with Crippen molar-refractivity contribution in [1.29, 1.82) is 0 Å². The van der Waals surface area contributed by atoms with E-state index in [-0.39, 0.29) is 5.41 Å². The van der Waals surface area contributed by atoms with Crippen LogP contribution in [0.2, 0.25) is 19.6 Å². The monoisotopic (exact) mass is 182 g/mol. The van der Waals surface area contributed by atoms with Gasteiger partial charge < -0.3 is 4.79 Å². The van der Waals surface area contributed by atoms with Gasteiger partial charge in [0.1, 0.15) is 14.4 Å². The number of hydrogen-bond donors (Lipinski definition) is 0. The van der Waals surface area contributed by atoms with E-state index in [1.54, 1.807) is 0 Å². The van der Waals surface area contributed by atoms with E-state index in [0.717, 1.165) is 6.29 Å². The summed E-state index contributed by atoms with van der Waals surface area (Å²) in [6.45, 7) is 10.4. The summed E-state index contributed by atoms with van der Waals surface area (Å²) >= 11 is 0. The van der Waals surface area contributed by atoms with Gasteiger partial charge in [0, 0.05) is 11.8 Å². The summed E-state index contributed by atoms with van der Waals surface area (Å²) in [5, 5.41) is 0. The summed E-state index contributed by atoms with van der Waals surface area (Å²) in [6, 6.07) is 0. The van der Waals surface area contributed by atoms with Crippen molar-refractivity contribution in [2.24, 2.45) is 5.41 Å². The molecule has 68 valence electrons. The molecule has 0 atom stereocenters. The third kappa shape index (κ3) is 6.18. The van der Waals surface area contributed by atoms with Gasteiger partial charge in [0.2, 0.25) is 0 Å². The van der Waals surface area contributed by atoms with E-state index in [1.807, 2.05) is 13.8 Å². The Morgan fingerprint density at radius 3 is 2.17 bits per heavy atom. The molecule has 1 nitrogen and oxygen atoms in total. The Balaban J connectivity index is 4.12. The van der Waals surface area contributed by atoms with E-state index in [0.29, 0.717) is 6.42 Å². The summed E-state index contributed by atoms with van der Waals surface area (Å²) in [4.78, 5) is 10.5. The Hall–Kier alpha value is -0.553. The van der Waals surface area contributed by atoms with Crippen LogP contribution in [0.25, 0.3) is 0 Å². The molecule has 0 bridgehead atoms. The zero-order valence-corrected chi connectivity index (χ0v) is 9.69. The molecular weight excluding hydrogens is 164 g/mol. The van der Waals surface area contributed by atoms with Crippen molar-refractivity contribution >= 4 is 14.4 Å². The van der Waals surface area contributed by atoms with Crippen molar-refractivity contribution in [3.05, 3.63) is 0 Å². The minimum atomic E-state index is -1.25. The highest BCUT2D eigenvalue weighted by Crippen LogP contribution is 2.15. The second kappa shape index (κ2) is 3.91. The second-order valence-electron chi connectivity index (χ2n) is 4.83. The maximum Gasteiger partial charge on any atom is 0.129 e. The van der Waals surface area contributed by atoms with Crippen LogP contribution in [0.15, 0.2) is 0 Å². The van der Waals surface area contributed by atoms with Gasteiger partial charge in [-0.05, 0) is 0 Å². The van der Waals surface area contributed by atoms with Crippen LogP contribution in [0.1, 0.15) is 20.3 Å². The molecule has 0 radical (unpaired) electrons. The predicted octanol–water partition coefficient (Wildman–Crippen LogP) is 2.48. The Morgan fingerprint density at radius 2 is 1.83 bits per heavy atom. The van der Waals surface area contributed by atoms with Gasteiger partial charge in [-0.15, -0.1) is 11.5 Å². The first-order chi connectivity index (χ1) is 5.27. The molecule has 0 aromatic rings. The lowest BCUT2D eigenvalue weighted by atomic mass is 9.92. The van der Waals surface area contributed by atoms with Gasteiger partial charge >= 0.3 is 0 Å². The number of hydrogen-bond acceptors (Lipinski definition) is 1. The van der Waals surface area contributed by atoms with Crippen LogP contribution in [0.4, 0.5) is 0 Å². The summed E-state index contributed by atoms with van der Waals surface area (Å²) in [7, 11) is -1.25. The Labute approximate surface area is 76.6 Å². The van der Waals surface area contributed by atoms with Gasteiger partial charge in [0.05, 0.1) is 0 Å². The Kier molecular flexibility index (Phi) is 3.73. The van der Waals surface area contributed by atoms with Crippen LogP contribution < -0.4 is 0 Å². The fourth-order valence-corrected chi connectivity index (χ4v) is 1.20. The third-order valence-corrected chi connectivity index (χ3v) is 2.25. The maximum absolute atomic E-state index is 10.5. The molecule has 0 aliphatic carbocycles. The van der Waals surface area contributed by atoms with E-state index < -0.39 is 8.07 Å². The predicted molar refractivity (Wildman–Crippen MR) is 55.6 cm³/mol. The molecule has 0 N–H and O–H groups in total. The highest BCUT2D eigenvalue weighted by Gasteiger charge is 2.14. The molecule has 0 spiro atoms. The van der Waals surface area contributed by atoms with Crippen molar-refractivity contribution < 1.29 is 4.79 Å². The van der Waals surface area contributed by atoms with Gasteiger partial charge in [0.25, 0.3) is 0 Å². The fourth-order valence-electron chi connectivity index (χ4n) is 0.579. The molecule has 0 aliphatic rings. The third-order valence-electron chi connectivity index (χ3n) is 1.33. The van der Waals surface area contributed by atoms with Gasteiger partial charge in [-0.2, -0.15) is 0 Å². The minimum Gasteiger partial charge on any atom is -0.303 e. The minimum absolute atomic E-state index is 0.271. The van der Waals surface area contributed by atoms with Crippen LogP contribution in [0.5, 0.6) is 0 Å². The lowest BCUT2D eigenvalue weighted by Crippen LogP contribution is -2.17. The molecule has 0 fully saturated rings. The molecule has 12 heavy (non-hydrogen) atoms. The van der Waals surface area contributed by atoms with Gasteiger partial charge in [-0.25, -0.2) is 0 Å². The maximum atomic E-state index is 10.5.